The predicted octanol–water partition coefficient (Wildman–Crippen LogP) is 3.04. The summed E-state index contributed by atoms with van der Waals surface area (Å²) in [5.41, 5.74) is 1.09. The van der Waals surface area contributed by atoms with Crippen LogP contribution in [0.5, 0.6) is 0 Å². The SMILES string of the molecule is NS(=O)(=O)c1ccc([C@@H]2C[C@H]2c2noc(C3CCCCC3)n2)cc1. The van der Waals surface area contributed by atoms with Crippen molar-refractivity contribution in [2.75, 3.05) is 0 Å². The highest BCUT2D eigenvalue weighted by atomic mass is 32.2. The molecule has 2 aromatic rings. The number of hydrogen-bond donors (Lipinski definition) is 1. The van der Waals surface area contributed by atoms with E-state index in [1.807, 2.05) is 12.1 Å². The van der Waals surface area contributed by atoms with Gasteiger partial charge in [0.2, 0.25) is 15.9 Å². The minimum atomic E-state index is -3.64. The molecule has 1 aromatic heterocycles. The zero-order valence-corrected chi connectivity index (χ0v) is 14.2. The lowest BCUT2D eigenvalue weighted by atomic mass is 9.89. The number of sulfonamides is 1. The van der Waals surface area contributed by atoms with Gasteiger partial charge in [0.15, 0.2) is 5.82 Å². The molecular weight excluding hydrogens is 326 g/mol. The fourth-order valence-corrected chi connectivity index (χ4v) is 4.18. The number of nitrogens with zero attached hydrogens (tertiary/aromatic N) is 2. The van der Waals surface area contributed by atoms with Crippen molar-refractivity contribution >= 4 is 10.0 Å². The molecule has 0 amide bonds. The summed E-state index contributed by atoms with van der Waals surface area (Å²) in [6, 6.07) is 6.77. The molecule has 0 aliphatic heterocycles. The second kappa shape index (κ2) is 5.97. The van der Waals surface area contributed by atoms with Crippen LogP contribution in [0.2, 0.25) is 0 Å². The third-order valence-corrected chi connectivity index (χ3v) is 6.10. The summed E-state index contributed by atoms with van der Waals surface area (Å²) in [7, 11) is -3.64. The molecule has 1 aromatic carbocycles. The molecule has 24 heavy (non-hydrogen) atoms. The summed E-state index contributed by atoms with van der Waals surface area (Å²) >= 11 is 0. The number of nitrogens with two attached hydrogens (primary N) is 1. The monoisotopic (exact) mass is 347 g/mol. The van der Waals surface area contributed by atoms with Crippen LogP contribution in [-0.2, 0) is 10.0 Å². The quantitative estimate of drug-likeness (QED) is 0.916. The van der Waals surface area contributed by atoms with E-state index in [4.69, 9.17) is 9.66 Å². The first-order valence-electron chi connectivity index (χ1n) is 8.48. The van der Waals surface area contributed by atoms with E-state index < -0.39 is 10.0 Å². The van der Waals surface area contributed by atoms with Gasteiger partial charge in [-0.3, -0.25) is 0 Å². The van der Waals surface area contributed by atoms with Crippen LogP contribution in [-0.4, -0.2) is 18.6 Å². The van der Waals surface area contributed by atoms with E-state index in [-0.39, 0.29) is 10.8 Å². The van der Waals surface area contributed by atoms with E-state index in [9.17, 15) is 8.42 Å². The first-order chi connectivity index (χ1) is 11.5. The van der Waals surface area contributed by atoms with Gasteiger partial charge in [0.1, 0.15) is 0 Å². The maximum absolute atomic E-state index is 11.3. The Morgan fingerprint density at radius 2 is 1.75 bits per heavy atom. The lowest BCUT2D eigenvalue weighted by Crippen LogP contribution is -2.11. The number of aromatic nitrogens is 2. The first kappa shape index (κ1) is 15.8. The van der Waals surface area contributed by atoms with E-state index in [2.05, 4.69) is 10.1 Å². The van der Waals surface area contributed by atoms with Crippen molar-refractivity contribution in [1.29, 1.82) is 0 Å². The van der Waals surface area contributed by atoms with E-state index >= 15 is 0 Å². The molecule has 4 rings (SSSR count). The zero-order valence-electron chi connectivity index (χ0n) is 13.4. The van der Waals surface area contributed by atoms with Crippen LogP contribution in [0.3, 0.4) is 0 Å². The highest BCUT2D eigenvalue weighted by Crippen LogP contribution is 2.53. The molecule has 6 nitrogen and oxygen atoms in total. The Balaban J connectivity index is 1.45. The van der Waals surface area contributed by atoms with Gasteiger partial charge in [0, 0.05) is 11.8 Å². The Bertz CT molecular complexity index is 823. The topological polar surface area (TPSA) is 99.1 Å². The molecule has 0 bridgehead atoms. The third-order valence-electron chi connectivity index (χ3n) is 5.17. The van der Waals surface area contributed by atoms with Crippen molar-refractivity contribution in [1.82, 2.24) is 10.1 Å². The van der Waals surface area contributed by atoms with Crippen LogP contribution in [0.15, 0.2) is 33.7 Å². The molecule has 0 saturated heterocycles. The Morgan fingerprint density at radius 1 is 1.04 bits per heavy atom. The third kappa shape index (κ3) is 3.10. The van der Waals surface area contributed by atoms with Gasteiger partial charge in [0.25, 0.3) is 0 Å². The zero-order chi connectivity index (χ0) is 16.7. The Labute approximate surface area is 141 Å². The van der Waals surface area contributed by atoms with Crippen molar-refractivity contribution in [2.45, 2.75) is 61.2 Å². The van der Waals surface area contributed by atoms with Gasteiger partial charge in [-0.2, -0.15) is 4.98 Å². The fraction of sp³-hybridized carbons (Fsp3) is 0.529. The van der Waals surface area contributed by atoms with Crippen LogP contribution in [0.4, 0.5) is 0 Å². The summed E-state index contributed by atoms with van der Waals surface area (Å²) < 4.78 is 28.1. The van der Waals surface area contributed by atoms with Crippen LogP contribution in [0.1, 0.15) is 73.6 Å². The lowest BCUT2D eigenvalue weighted by Gasteiger charge is -2.17. The van der Waals surface area contributed by atoms with Crippen LogP contribution in [0, 0.1) is 0 Å². The molecule has 128 valence electrons. The normalized spacial score (nSPS) is 24.9. The van der Waals surface area contributed by atoms with Crippen LogP contribution >= 0.6 is 0 Å². The summed E-state index contributed by atoms with van der Waals surface area (Å²) in [4.78, 5) is 4.78. The van der Waals surface area contributed by atoms with Gasteiger partial charge in [-0.1, -0.05) is 36.6 Å². The minimum absolute atomic E-state index is 0.141. The predicted molar refractivity (Wildman–Crippen MR) is 88.0 cm³/mol. The summed E-state index contributed by atoms with van der Waals surface area (Å²) in [5.74, 6) is 2.60. The molecule has 2 atom stereocenters. The smallest absolute Gasteiger partial charge is 0.238 e. The largest absolute Gasteiger partial charge is 0.339 e. The second-order valence-corrected chi connectivity index (χ2v) is 8.45. The van der Waals surface area contributed by atoms with E-state index in [0.29, 0.717) is 11.8 Å². The number of rotatable bonds is 4. The highest BCUT2D eigenvalue weighted by Gasteiger charge is 2.43. The number of hydrogen-bond acceptors (Lipinski definition) is 5. The summed E-state index contributed by atoms with van der Waals surface area (Å²) in [5, 5.41) is 9.31. The van der Waals surface area contributed by atoms with Gasteiger partial charge in [-0.05, 0) is 42.9 Å². The van der Waals surface area contributed by atoms with Crippen molar-refractivity contribution in [2.24, 2.45) is 5.14 Å². The van der Waals surface area contributed by atoms with Crippen molar-refractivity contribution in [3.05, 3.63) is 41.5 Å². The molecule has 0 spiro atoms. The first-order valence-corrected chi connectivity index (χ1v) is 10.0. The second-order valence-electron chi connectivity index (χ2n) is 6.89. The average Bonchev–Trinajstić information content (AvgIpc) is 3.23. The maximum atomic E-state index is 11.3. The summed E-state index contributed by atoms with van der Waals surface area (Å²) in [6.45, 7) is 0. The molecule has 0 radical (unpaired) electrons. The fourth-order valence-electron chi connectivity index (χ4n) is 3.67. The van der Waals surface area contributed by atoms with Crippen LogP contribution in [0.25, 0.3) is 0 Å². The molecule has 2 N–H and O–H groups in total. The molecule has 2 fully saturated rings. The molecule has 2 aliphatic rings. The highest BCUT2D eigenvalue weighted by molar-refractivity contribution is 7.89. The van der Waals surface area contributed by atoms with Gasteiger partial charge < -0.3 is 4.52 Å². The van der Waals surface area contributed by atoms with Gasteiger partial charge in [-0.25, -0.2) is 13.6 Å². The van der Waals surface area contributed by atoms with E-state index in [1.54, 1.807) is 12.1 Å². The van der Waals surface area contributed by atoms with Crippen molar-refractivity contribution < 1.29 is 12.9 Å². The number of primary sulfonamides is 1. The van der Waals surface area contributed by atoms with Gasteiger partial charge in [0.05, 0.1) is 4.90 Å². The lowest BCUT2D eigenvalue weighted by molar-refractivity contribution is 0.312. The summed E-state index contributed by atoms with van der Waals surface area (Å²) in [6.07, 6.45) is 7.04. The maximum Gasteiger partial charge on any atom is 0.238 e. The Kier molecular flexibility index (Phi) is 3.92. The molecular formula is C17H21N3O3S. The molecule has 2 aliphatic carbocycles. The minimum Gasteiger partial charge on any atom is -0.339 e. The molecule has 2 saturated carbocycles. The van der Waals surface area contributed by atoms with Crippen LogP contribution < -0.4 is 5.14 Å². The standard InChI is InChI=1S/C17H21N3O3S/c18-24(21,22)13-8-6-11(7-9-13)14-10-15(14)16-19-17(23-20-16)12-4-2-1-3-5-12/h6-9,12,14-15H,1-5,10H2,(H2,18,21,22)/t14-,15+/m0/s1. The van der Waals surface area contributed by atoms with Crippen molar-refractivity contribution in [3.8, 4) is 0 Å². The molecule has 1 heterocycles. The number of benzene rings is 1. The molecule has 7 heteroatoms. The average molecular weight is 347 g/mol. The van der Waals surface area contributed by atoms with Gasteiger partial charge >= 0.3 is 0 Å². The van der Waals surface area contributed by atoms with E-state index in [0.717, 1.165) is 36.5 Å². The molecule has 0 unspecified atom stereocenters. The Morgan fingerprint density at radius 3 is 2.42 bits per heavy atom. The van der Waals surface area contributed by atoms with Gasteiger partial charge in [-0.15, -0.1) is 0 Å². The van der Waals surface area contributed by atoms with Crippen molar-refractivity contribution in [3.63, 3.8) is 0 Å². The Hall–Kier alpha value is -1.73. The van der Waals surface area contributed by atoms with E-state index in [1.165, 1.54) is 19.3 Å².